The molecule has 0 amide bonds. The van der Waals surface area contributed by atoms with E-state index in [4.69, 9.17) is 0 Å². The molecule has 3 rings (SSSR count). The van der Waals surface area contributed by atoms with Crippen LogP contribution in [0, 0.1) is 0 Å². The Bertz CT molecular complexity index is 592. The fraction of sp³-hybridized carbons (Fsp3) is 0. The van der Waals surface area contributed by atoms with Crippen LogP contribution in [-0.4, -0.2) is 19.9 Å². The Morgan fingerprint density at radius 1 is 0.833 bits per heavy atom. The SMILES string of the molecule is Sc1nc(-c2ccncc2)c(-c2ccncc2)[nH]1. The van der Waals surface area contributed by atoms with Crippen molar-refractivity contribution in [3.63, 3.8) is 0 Å². The van der Waals surface area contributed by atoms with Gasteiger partial charge in [-0.1, -0.05) is 0 Å². The standard InChI is InChI=1S/C13H10N4S/c18-13-16-11(9-1-5-14-6-2-9)12(17-13)10-3-7-15-8-4-10/h1-8H,(H2,16,17,18). The molecule has 1 N–H and O–H groups in total. The van der Waals surface area contributed by atoms with Gasteiger partial charge < -0.3 is 4.98 Å². The van der Waals surface area contributed by atoms with Crippen LogP contribution in [0.15, 0.2) is 54.2 Å². The van der Waals surface area contributed by atoms with Gasteiger partial charge in [0.25, 0.3) is 0 Å². The van der Waals surface area contributed by atoms with E-state index in [9.17, 15) is 0 Å². The molecule has 5 heteroatoms. The molecule has 0 unspecified atom stereocenters. The van der Waals surface area contributed by atoms with E-state index in [2.05, 4.69) is 32.6 Å². The third-order valence-electron chi connectivity index (χ3n) is 2.61. The van der Waals surface area contributed by atoms with Crippen LogP contribution in [0.4, 0.5) is 0 Å². The summed E-state index contributed by atoms with van der Waals surface area (Å²) in [6, 6.07) is 7.72. The first-order valence-corrected chi connectivity index (χ1v) is 5.89. The van der Waals surface area contributed by atoms with Crippen LogP contribution in [0.25, 0.3) is 22.5 Å². The van der Waals surface area contributed by atoms with Crippen molar-refractivity contribution in [1.29, 1.82) is 0 Å². The Hall–Kier alpha value is -2.14. The van der Waals surface area contributed by atoms with Gasteiger partial charge in [0.2, 0.25) is 0 Å². The Labute approximate surface area is 110 Å². The second kappa shape index (κ2) is 4.62. The van der Waals surface area contributed by atoms with Crippen molar-refractivity contribution in [2.24, 2.45) is 0 Å². The molecule has 0 bridgehead atoms. The molecular weight excluding hydrogens is 244 g/mol. The second-order valence-electron chi connectivity index (χ2n) is 3.76. The Morgan fingerprint density at radius 2 is 1.39 bits per heavy atom. The molecule has 0 aliphatic rings. The van der Waals surface area contributed by atoms with Gasteiger partial charge in [-0.15, -0.1) is 12.6 Å². The number of thiol groups is 1. The van der Waals surface area contributed by atoms with Gasteiger partial charge in [-0.05, 0) is 24.3 Å². The summed E-state index contributed by atoms with van der Waals surface area (Å²) < 4.78 is 0. The van der Waals surface area contributed by atoms with E-state index in [1.165, 1.54) is 0 Å². The van der Waals surface area contributed by atoms with Gasteiger partial charge >= 0.3 is 0 Å². The van der Waals surface area contributed by atoms with Crippen molar-refractivity contribution in [3.05, 3.63) is 49.1 Å². The predicted molar refractivity (Wildman–Crippen MR) is 72.3 cm³/mol. The van der Waals surface area contributed by atoms with E-state index in [0.29, 0.717) is 5.16 Å². The van der Waals surface area contributed by atoms with E-state index in [1.54, 1.807) is 24.8 Å². The maximum atomic E-state index is 4.42. The summed E-state index contributed by atoms with van der Waals surface area (Å²) in [5.74, 6) is 0. The van der Waals surface area contributed by atoms with Crippen molar-refractivity contribution in [2.45, 2.75) is 5.16 Å². The van der Waals surface area contributed by atoms with Crippen molar-refractivity contribution in [2.75, 3.05) is 0 Å². The van der Waals surface area contributed by atoms with Crippen molar-refractivity contribution < 1.29 is 0 Å². The van der Waals surface area contributed by atoms with Gasteiger partial charge in [-0.3, -0.25) is 9.97 Å². The molecule has 88 valence electrons. The molecule has 18 heavy (non-hydrogen) atoms. The summed E-state index contributed by atoms with van der Waals surface area (Å²) in [6.07, 6.45) is 7.01. The second-order valence-corrected chi connectivity index (χ2v) is 4.18. The minimum Gasteiger partial charge on any atom is -0.333 e. The highest BCUT2D eigenvalue weighted by Crippen LogP contribution is 2.30. The Kier molecular flexibility index (Phi) is 2.82. The van der Waals surface area contributed by atoms with E-state index < -0.39 is 0 Å². The Balaban J connectivity index is 2.17. The maximum Gasteiger partial charge on any atom is 0.163 e. The quantitative estimate of drug-likeness (QED) is 0.691. The number of pyridine rings is 2. The predicted octanol–water partition coefficient (Wildman–Crippen LogP) is 2.82. The van der Waals surface area contributed by atoms with Crippen molar-refractivity contribution in [1.82, 2.24) is 19.9 Å². The zero-order valence-electron chi connectivity index (χ0n) is 9.41. The van der Waals surface area contributed by atoms with Crippen LogP contribution in [-0.2, 0) is 0 Å². The summed E-state index contributed by atoms with van der Waals surface area (Å²) in [5.41, 5.74) is 3.85. The van der Waals surface area contributed by atoms with E-state index in [0.717, 1.165) is 22.5 Å². The van der Waals surface area contributed by atoms with Crippen LogP contribution < -0.4 is 0 Å². The number of hydrogen-bond donors (Lipinski definition) is 2. The lowest BCUT2D eigenvalue weighted by molar-refractivity contribution is 1.07. The highest BCUT2D eigenvalue weighted by molar-refractivity contribution is 7.80. The molecule has 0 radical (unpaired) electrons. The molecule has 4 nitrogen and oxygen atoms in total. The number of rotatable bonds is 2. The normalized spacial score (nSPS) is 10.5. The first-order valence-electron chi connectivity index (χ1n) is 5.44. The number of nitrogens with zero attached hydrogens (tertiary/aromatic N) is 3. The van der Waals surface area contributed by atoms with Gasteiger partial charge in [0, 0.05) is 35.9 Å². The van der Waals surface area contributed by atoms with Crippen LogP contribution in [0.3, 0.4) is 0 Å². The van der Waals surface area contributed by atoms with E-state index in [1.807, 2.05) is 24.3 Å². The fourth-order valence-electron chi connectivity index (χ4n) is 1.81. The lowest BCUT2D eigenvalue weighted by atomic mass is 10.1. The molecule has 0 spiro atoms. The number of aromatic amines is 1. The topological polar surface area (TPSA) is 54.5 Å². The maximum absolute atomic E-state index is 4.42. The van der Waals surface area contributed by atoms with Crippen molar-refractivity contribution >= 4 is 12.6 Å². The minimum absolute atomic E-state index is 0.591. The first kappa shape index (κ1) is 11.0. The fourth-order valence-corrected chi connectivity index (χ4v) is 2.02. The molecule has 0 fully saturated rings. The van der Waals surface area contributed by atoms with Gasteiger partial charge in [0.15, 0.2) is 5.16 Å². The molecule has 3 aromatic rings. The molecule has 0 atom stereocenters. The average Bonchev–Trinajstić information content (AvgIpc) is 2.83. The average molecular weight is 254 g/mol. The monoisotopic (exact) mass is 254 g/mol. The molecule has 0 saturated carbocycles. The summed E-state index contributed by atoms with van der Waals surface area (Å²) >= 11 is 4.28. The third-order valence-corrected chi connectivity index (χ3v) is 2.83. The number of imidazole rings is 1. The molecular formula is C13H10N4S. The number of hydrogen-bond acceptors (Lipinski definition) is 4. The van der Waals surface area contributed by atoms with Gasteiger partial charge in [0.1, 0.15) is 0 Å². The van der Waals surface area contributed by atoms with Gasteiger partial charge in [-0.2, -0.15) is 0 Å². The largest absolute Gasteiger partial charge is 0.333 e. The molecule has 0 aromatic carbocycles. The molecule has 0 aliphatic heterocycles. The van der Waals surface area contributed by atoms with Crippen LogP contribution >= 0.6 is 12.6 Å². The number of aromatic nitrogens is 4. The zero-order valence-corrected chi connectivity index (χ0v) is 10.3. The van der Waals surface area contributed by atoms with Gasteiger partial charge in [-0.25, -0.2) is 4.98 Å². The minimum atomic E-state index is 0.591. The molecule has 0 saturated heterocycles. The van der Waals surface area contributed by atoms with Crippen molar-refractivity contribution in [3.8, 4) is 22.5 Å². The summed E-state index contributed by atoms with van der Waals surface area (Å²) in [4.78, 5) is 15.6. The summed E-state index contributed by atoms with van der Waals surface area (Å²) in [6.45, 7) is 0. The lowest BCUT2D eigenvalue weighted by Gasteiger charge is -2.02. The lowest BCUT2D eigenvalue weighted by Crippen LogP contribution is -1.84. The van der Waals surface area contributed by atoms with E-state index >= 15 is 0 Å². The summed E-state index contributed by atoms with van der Waals surface area (Å²) in [7, 11) is 0. The van der Waals surface area contributed by atoms with E-state index in [-0.39, 0.29) is 0 Å². The zero-order chi connectivity index (χ0) is 12.4. The third kappa shape index (κ3) is 2.00. The number of H-pyrrole nitrogens is 1. The highest BCUT2D eigenvalue weighted by atomic mass is 32.1. The van der Waals surface area contributed by atoms with Gasteiger partial charge in [0.05, 0.1) is 11.4 Å². The molecule has 0 aliphatic carbocycles. The van der Waals surface area contributed by atoms with Crippen LogP contribution in [0.2, 0.25) is 0 Å². The van der Waals surface area contributed by atoms with Crippen LogP contribution in [0.1, 0.15) is 0 Å². The molecule has 3 aromatic heterocycles. The first-order chi connectivity index (χ1) is 8.84. The smallest absolute Gasteiger partial charge is 0.163 e. The Morgan fingerprint density at radius 3 is 2.00 bits per heavy atom. The highest BCUT2D eigenvalue weighted by Gasteiger charge is 2.12. The molecule has 3 heterocycles. The summed E-state index contributed by atoms with van der Waals surface area (Å²) in [5, 5.41) is 0.591. The number of nitrogens with one attached hydrogen (secondary N) is 1. The van der Waals surface area contributed by atoms with Crippen LogP contribution in [0.5, 0.6) is 0 Å².